The van der Waals surface area contributed by atoms with Crippen LogP contribution < -0.4 is 10.6 Å². The fraction of sp³-hybridized carbons (Fsp3) is 0.538. The maximum Gasteiger partial charge on any atom is 0.243 e. The van der Waals surface area contributed by atoms with Gasteiger partial charge in [0.1, 0.15) is 5.65 Å². The fourth-order valence-corrected chi connectivity index (χ4v) is 6.62. The molecule has 1 saturated heterocycles. The van der Waals surface area contributed by atoms with E-state index in [4.69, 9.17) is 4.98 Å². The zero-order chi connectivity index (χ0) is 25.1. The van der Waals surface area contributed by atoms with Gasteiger partial charge in [-0.1, -0.05) is 25.5 Å². The Bertz CT molecular complexity index is 1280. The number of nitrogens with one attached hydrogen (secondary N) is 2. The molecule has 0 atom stereocenters. The van der Waals surface area contributed by atoms with Gasteiger partial charge in [-0.3, -0.25) is 0 Å². The van der Waals surface area contributed by atoms with Crippen molar-refractivity contribution in [2.24, 2.45) is 0 Å². The second kappa shape index (κ2) is 12.1. The van der Waals surface area contributed by atoms with Crippen LogP contribution in [0.4, 0.5) is 5.95 Å². The second-order valence-electron chi connectivity index (χ2n) is 9.80. The molecule has 9 nitrogen and oxygen atoms in total. The van der Waals surface area contributed by atoms with Gasteiger partial charge in [-0.15, -0.1) is 12.4 Å². The maximum absolute atomic E-state index is 13.1. The van der Waals surface area contributed by atoms with Crippen LogP contribution in [0.3, 0.4) is 0 Å². The maximum atomic E-state index is 13.1. The minimum atomic E-state index is -3.51. The van der Waals surface area contributed by atoms with Crippen LogP contribution in [0.1, 0.15) is 51.5 Å². The lowest BCUT2D eigenvalue weighted by Gasteiger charge is -2.27. The largest absolute Gasteiger partial charge is 0.393 e. The number of fused-ring (bicyclic) bond motifs is 1. The van der Waals surface area contributed by atoms with Crippen molar-refractivity contribution >= 4 is 39.4 Å². The van der Waals surface area contributed by atoms with E-state index < -0.39 is 10.0 Å². The summed E-state index contributed by atoms with van der Waals surface area (Å²) in [5.74, 6) is 0.621. The summed E-state index contributed by atoms with van der Waals surface area (Å²) < 4.78 is 29.9. The van der Waals surface area contributed by atoms with E-state index in [1.165, 1.54) is 0 Å². The number of nitrogens with zero attached hydrogens (tertiary/aromatic N) is 4. The van der Waals surface area contributed by atoms with Crippen LogP contribution >= 0.6 is 12.4 Å². The van der Waals surface area contributed by atoms with Crippen molar-refractivity contribution in [1.29, 1.82) is 0 Å². The van der Waals surface area contributed by atoms with E-state index >= 15 is 0 Å². The molecule has 2 aromatic heterocycles. The molecule has 37 heavy (non-hydrogen) atoms. The van der Waals surface area contributed by atoms with Gasteiger partial charge in [0.15, 0.2) is 0 Å². The highest BCUT2D eigenvalue weighted by Gasteiger charge is 2.27. The number of rotatable bonds is 8. The Morgan fingerprint density at radius 3 is 2.49 bits per heavy atom. The van der Waals surface area contributed by atoms with Gasteiger partial charge in [0.25, 0.3) is 0 Å². The third-order valence-corrected chi connectivity index (χ3v) is 9.24. The summed E-state index contributed by atoms with van der Waals surface area (Å²) in [6.07, 6.45) is 9.27. The third kappa shape index (κ3) is 5.93. The van der Waals surface area contributed by atoms with Crippen LogP contribution in [0.2, 0.25) is 0 Å². The SMILES string of the molecule is CCCCNc1ncc2c(-c3ccc(S(=O)(=O)N4CCNCC4)cc3)cn(C3CCC(O)CC3)c2n1.Cl. The van der Waals surface area contributed by atoms with Crippen molar-refractivity contribution in [2.75, 3.05) is 38.0 Å². The Morgan fingerprint density at radius 2 is 1.81 bits per heavy atom. The normalized spacial score (nSPS) is 21.0. The van der Waals surface area contributed by atoms with Crippen molar-refractivity contribution < 1.29 is 13.5 Å². The molecule has 0 amide bonds. The van der Waals surface area contributed by atoms with Gasteiger partial charge < -0.3 is 20.3 Å². The smallest absolute Gasteiger partial charge is 0.243 e. The molecule has 1 saturated carbocycles. The van der Waals surface area contributed by atoms with Gasteiger partial charge in [-0.2, -0.15) is 9.29 Å². The Labute approximate surface area is 225 Å². The average Bonchev–Trinajstić information content (AvgIpc) is 3.29. The number of aliphatic hydroxyl groups is 1. The number of unbranched alkanes of at least 4 members (excludes halogenated alkanes) is 1. The molecule has 2 fully saturated rings. The van der Waals surface area contributed by atoms with Crippen LogP contribution in [0.15, 0.2) is 41.6 Å². The summed E-state index contributed by atoms with van der Waals surface area (Å²) in [5, 5.41) is 17.5. The monoisotopic (exact) mass is 548 g/mol. The number of sulfonamides is 1. The summed E-state index contributed by atoms with van der Waals surface area (Å²) in [7, 11) is -3.51. The van der Waals surface area contributed by atoms with Gasteiger partial charge in [-0.25, -0.2) is 13.4 Å². The molecule has 5 rings (SSSR count). The van der Waals surface area contributed by atoms with Crippen molar-refractivity contribution in [3.63, 3.8) is 0 Å². The molecule has 11 heteroatoms. The molecule has 1 aromatic carbocycles. The molecule has 3 N–H and O–H groups in total. The van der Waals surface area contributed by atoms with E-state index in [-0.39, 0.29) is 24.6 Å². The van der Waals surface area contributed by atoms with E-state index in [1.807, 2.05) is 18.3 Å². The first kappa shape index (κ1) is 27.8. The van der Waals surface area contributed by atoms with E-state index in [9.17, 15) is 13.5 Å². The average molecular weight is 549 g/mol. The predicted octanol–water partition coefficient (Wildman–Crippen LogP) is 3.80. The highest BCUT2D eigenvalue weighted by molar-refractivity contribution is 7.89. The van der Waals surface area contributed by atoms with Crippen molar-refractivity contribution in [3.8, 4) is 11.1 Å². The number of benzene rings is 1. The summed E-state index contributed by atoms with van der Waals surface area (Å²) in [4.78, 5) is 9.76. The number of hydrogen-bond donors (Lipinski definition) is 3. The molecule has 1 aliphatic carbocycles. The first-order valence-electron chi connectivity index (χ1n) is 13.1. The molecule has 2 aliphatic rings. The molecule has 0 bridgehead atoms. The van der Waals surface area contributed by atoms with Gasteiger partial charge in [0.2, 0.25) is 16.0 Å². The third-order valence-electron chi connectivity index (χ3n) is 7.32. The number of hydrogen-bond acceptors (Lipinski definition) is 7. The van der Waals surface area contributed by atoms with E-state index in [2.05, 4.69) is 33.3 Å². The van der Waals surface area contributed by atoms with Crippen molar-refractivity contribution in [3.05, 3.63) is 36.7 Å². The Balaban J connectivity index is 0.00000320. The molecular weight excluding hydrogens is 512 g/mol. The minimum Gasteiger partial charge on any atom is -0.393 e. The predicted molar refractivity (Wildman–Crippen MR) is 149 cm³/mol. The Kier molecular flexibility index (Phi) is 9.07. The first-order valence-corrected chi connectivity index (χ1v) is 14.5. The standard InChI is InChI=1S/C26H36N6O3S.ClH/c1-2-3-12-28-26-29-17-23-24(18-32(25(23)30-26)20-6-8-21(33)9-7-20)19-4-10-22(11-5-19)36(34,35)31-15-13-27-14-16-31;/h4-5,10-11,17-18,20-21,27,33H,2-3,6-9,12-16H2,1H3,(H,28,29,30);1H. The lowest BCUT2D eigenvalue weighted by molar-refractivity contribution is 0.111. The van der Waals surface area contributed by atoms with Crippen molar-refractivity contribution in [2.45, 2.75) is 62.5 Å². The van der Waals surface area contributed by atoms with Crippen LogP contribution in [-0.2, 0) is 10.0 Å². The minimum absolute atomic E-state index is 0. The van der Waals surface area contributed by atoms with E-state index in [0.717, 1.165) is 67.2 Å². The van der Waals surface area contributed by atoms with E-state index in [0.29, 0.717) is 37.0 Å². The quantitative estimate of drug-likeness (QED) is 0.367. The fourth-order valence-electron chi connectivity index (χ4n) is 5.18. The summed E-state index contributed by atoms with van der Waals surface area (Å²) in [6, 6.07) is 7.43. The zero-order valence-corrected chi connectivity index (χ0v) is 22.9. The van der Waals surface area contributed by atoms with Crippen LogP contribution in [-0.4, -0.2) is 71.2 Å². The number of aromatic nitrogens is 3. The highest BCUT2D eigenvalue weighted by atomic mass is 35.5. The molecular formula is C26H37ClN6O3S. The molecule has 3 heterocycles. The molecule has 3 aromatic rings. The summed E-state index contributed by atoms with van der Waals surface area (Å²) >= 11 is 0. The number of aliphatic hydroxyl groups excluding tert-OH is 1. The van der Waals surface area contributed by atoms with Gasteiger partial charge >= 0.3 is 0 Å². The van der Waals surface area contributed by atoms with Crippen LogP contribution in [0.25, 0.3) is 22.2 Å². The van der Waals surface area contributed by atoms with Gasteiger partial charge in [0, 0.05) is 62.1 Å². The van der Waals surface area contributed by atoms with Crippen LogP contribution in [0.5, 0.6) is 0 Å². The lowest BCUT2D eigenvalue weighted by Crippen LogP contribution is -2.46. The molecule has 1 aliphatic heterocycles. The van der Waals surface area contributed by atoms with Gasteiger partial charge in [0.05, 0.1) is 11.0 Å². The number of piperazine rings is 1. The Morgan fingerprint density at radius 1 is 1.11 bits per heavy atom. The van der Waals surface area contributed by atoms with Crippen LogP contribution in [0, 0.1) is 0 Å². The second-order valence-corrected chi connectivity index (χ2v) is 11.7. The zero-order valence-electron chi connectivity index (χ0n) is 21.3. The van der Waals surface area contributed by atoms with E-state index in [1.54, 1.807) is 16.4 Å². The first-order chi connectivity index (χ1) is 17.5. The Hall–Kier alpha value is -2.24. The van der Waals surface area contributed by atoms with Gasteiger partial charge in [-0.05, 0) is 49.8 Å². The highest BCUT2D eigenvalue weighted by Crippen LogP contribution is 2.37. The summed E-state index contributed by atoms with van der Waals surface area (Å²) in [6.45, 7) is 5.29. The lowest BCUT2D eigenvalue weighted by atomic mass is 9.93. The summed E-state index contributed by atoms with van der Waals surface area (Å²) in [5.41, 5.74) is 2.80. The molecule has 202 valence electrons. The number of halogens is 1. The topological polar surface area (TPSA) is 112 Å². The molecule has 0 unspecified atom stereocenters. The molecule has 0 spiro atoms. The van der Waals surface area contributed by atoms with Crippen molar-refractivity contribution in [1.82, 2.24) is 24.2 Å². The molecule has 0 radical (unpaired) electrons. The number of anilines is 1.